The molecule has 1 N–H and O–H groups in total. The second-order valence-corrected chi connectivity index (χ2v) is 4.47. The van der Waals surface area contributed by atoms with Crippen LogP contribution in [0.15, 0.2) is 54.7 Å². The molecule has 94 valence electrons. The molecule has 3 rings (SSSR count). The first-order valence-electron chi connectivity index (χ1n) is 6.08. The number of benzene rings is 2. The maximum absolute atomic E-state index is 12.8. The molecule has 3 aromatic rings. The molecule has 0 aliphatic heterocycles. The quantitative estimate of drug-likeness (QED) is 0.709. The first-order chi connectivity index (χ1) is 9.24. The predicted octanol–water partition coefficient (Wildman–Crippen LogP) is 3.73. The van der Waals surface area contributed by atoms with Crippen LogP contribution in [-0.2, 0) is 6.42 Å². The summed E-state index contributed by atoms with van der Waals surface area (Å²) in [5.41, 5.74) is 2.45. The van der Waals surface area contributed by atoms with E-state index in [1.54, 1.807) is 18.3 Å². The Labute approximate surface area is 109 Å². The maximum atomic E-state index is 12.8. The first kappa shape index (κ1) is 11.7. The molecular formula is C16H12FNO. The molecule has 0 atom stereocenters. The van der Waals surface area contributed by atoms with Gasteiger partial charge >= 0.3 is 0 Å². The molecule has 0 radical (unpaired) electrons. The highest BCUT2D eigenvalue weighted by Crippen LogP contribution is 2.19. The van der Waals surface area contributed by atoms with Gasteiger partial charge in [-0.3, -0.25) is 4.79 Å². The number of H-pyrrole nitrogens is 1. The minimum Gasteiger partial charge on any atom is -0.360 e. The monoisotopic (exact) mass is 253 g/mol. The number of nitrogens with one attached hydrogen (secondary N) is 1. The van der Waals surface area contributed by atoms with Crippen molar-refractivity contribution >= 4 is 16.7 Å². The molecular weight excluding hydrogens is 241 g/mol. The minimum atomic E-state index is -0.289. The summed E-state index contributed by atoms with van der Waals surface area (Å²) in [6, 6.07) is 13.7. The van der Waals surface area contributed by atoms with Crippen LogP contribution in [0.25, 0.3) is 10.9 Å². The van der Waals surface area contributed by atoms with Gasteiger partial charge in [-0.25, -0.2) is 4.39 Å². The summed E-state index contributed by atoms with van der Waals surface area (Å²) >= 11 is 0. The van der Waals surface area contributed by atoms with Crippen molar-refractivity contribution in [3.05, 3.63) is 71.7 Å². The van der Waals surface area contributed by atoms with Crippen LogP contribution in [0, 0.1) is 5.82 Å². The van der Waals surface area contributed by atoms with E-state index in [4.69, 9.17) is 0 Å². The molecule has 0 aliphatic rings. The van der Waals surface area contributed by atoms with Crippen molar-refractivity contribution in [2.24, 2.45) is 0 Å². The van der Waals surface area contributed by atoms with E-state index in [9.17, 15) is 9.18 Å². The zero-order valence-corrected chi connectivity index (χ0v) is 10.2. The Balaban J connectivity index is 1.90. The van der Waals surface area contributed by atoms with Crippen LogP contribution < -0.4 is 0 Å². The van der Waals surface area contributed by atoms with E-state index in [2.05, 4.69) is 4.98 Å². The van der Waals surface area contributed by atoms with Gasteiger partial charge in [0, 0.05) is 29.1 Å². The van der Waals surface area contributed by atoms with Gasteiger partial charge in [0.15, 0.2) is 5.78 Å². The number of aromatic nitrogens is 1. The highest BCUT2D eigenvalue weighted by Gasteiger charge is 2.12. The molecule has 2 nitrogen and oxygen atoms in total. The third kappa shape index (κ3) is 2.27. The van der Waals surface area contributed by atoms with Crippen LogP contribution in [0.5, 0.6) is 0 Å². The van der Waals surface area contributed by atoms with E-state index in [1.165, 1.54) is 12.1 Å². The second kappa shape index (κ2) is 4.69. The SMILES string of the molecule is O=C(Cc1ccc(F)cc1)c1c[nH]c2ccccc12. The Morgan fingerprint density at radius 3 is 2.58 bits per heavy atom. The lowest BCUT2D eigenvalue weighted by atomic mass is 10.0. The van der Waals surface area contributed by atoms with Gasteiger partial charge in [-0.2, -0.15) is 0 Å². The van der Waals surface area contributed by atoms with Gasteiger partial charge in [-0.1, -0.05) is 30.3 Å². The normalized spacial score (nSPS) is 10.8. The number of halogens is 1. The van der Waals surface area contributed by atoms with E-state index in [0.717, 1.165) is 16.5 Å². The van der Waals surface area contributed by atoms with Gasteiger partial charge in [0.2, 0.25) is 0 Å². The number of hydrogen-bond donors (Lipinski definition) is 1. The topological polar surface area (TPSA) is 32.9 Å². The van der Waals surface area contributed by atoms with Crippen LogP contribution >= 0.6 is 0 Å². The predicted molar refractivity (Wildman–Crippen MR) is 72.7 cm³/mol. The zero-order chi connectivity index (χ0) is 13.2. The number of ketones is 1. The molecule has 19 heavy (non-hydrogen) atoms. The lowest BCUT2D eigenvalue weighted by molar-refractivity contribution is 0.0994. The molecule has 1 aromatic heterocycles. The molecule has 1 heterocycles. The fourth-order valence-electron chi connectivity index (χ4n) is 2.19. The number of Topliss-reactive ketones (excluding diaryl/α,β-unsaturated/α-hetero) is 1. The van der Waals surface area contributed by atoms with E-state index < -0.39 is 0 Å². The Kier molecular flexibility index (Phi) is 2.88. The van der Waals surface area contributed by atoms with Gasteiger partial charge in [0.25, 0.3) is 0 Å². The Morgan fingerprint density at radius 2 is 1.79 bits per heavy atom. The molecule has 0 bridgehead atoms. The fourth-order valence-corrected chi connectivity index (χ4v) is 2.19. The fraction of sp³-hybridized carbons (Fsp3) is 0.0625. The third-order valence-corrected chi connectivity index (χ3v) is 3.17. The molecule has 0 unspecified atom stereocenters. The number of rotatable bonds is 3. The molecule has 0 saturated carbocycles. The van der Waals surface area contributed by atoms with Crippen molar-refractivity contribution in [3.63, 3.8) is 0 Å². The number of carbonyl (C=O) groups is 1. The van der Waals surface area contributed by atoms with Gasteiger partial charge in [-0.05, 0) is 23.8 Å². The second-order valence-electron chi connectivity index (χ2n) is 4.47. The number of para-hydroxylation sites is 1. The number of carbonyl (C=O) groups excluding carboxylic acids is 1. The Morgan fingerprint density at radius 1 is 1.05 bits per heavy atom. The Bertz CT molecular complexity index is 728. The van der Waals surface area contributed by atoms with Crippen molar-refractivity contribution in [3.8, 4) is 0 Å². The number of aromatic amines is 1. The van der Waals surface area contributed by atoms with Crippen molar-refractivity contribution in [2.75, 3.05) is 0 Å². The maximum Gasteiger partial charge on any atom is 0.169 e. The molecule has 0 spiro atoms. The lowest BCUT2D eigenvalue weighted by Crippen LogP contribution is -2.02. The lowest BCUT2D eigenvalue weighted by Gasteiger charge is -2.00. The summed E-state index contributed by atoms with van der Waals surface area (Å²) in [5.74, 6) is -0.257. The standard InChI is InChI=1S/C16H12FNO/c17-12-7-5-11(6-8-12)9-16(19)14-10-18-15-4-2-1-3-13(14)15/h1-8,10,18H,9H2. The Hall–Kier alpha value is -2.42. The van der Waals surface area contributed by atoms with Crippen molar-refractivity contribution in [1.82, 2.24) is 4.98 Å². The summed E-state index contributed by atoms with van der Waals surface area (Å²) in [6.07, 6.45) is 2.01. The van der Waals surface area contributed by atoms with E-state index >= 15 is 0 Å². The third-order valence-electron chi connectivity index (χ3n) is 3.17. The summed E-state index contributed by atoms with van der Waals surface area (Å²) in [4.78, 5) is 15.3. The van der Waals surface area contributed by atoms with Crippen LogP contribution in [0.1, 0.15) is 15.9 Å². The molecule has 0 fully saturated rings. The van der Waals surface area contributed by atoms with Gasteiger partial charge in [0.05, 0.1) is 0 Å². The largest absolute Gasteiger partial charge is 0.360 e. The molecule has 0 amide bonds. The van der Waals surface area contributed by atoms with Crippen LogP contribution in [0.3, 0.4) is 0 Å². The van der Waals surface area contributed by atoms with Gasteiger partial charge in [0.1, 0.15) is 5.82 Å². The summed E-state index contributed by atoms with van der Waals surface area (Å²) in [7, 11) is 0. The number of fused-ring (bicyclic) bond motifs is 1. The van der Waals surface area contributed by atoms with Crippen molar-refractivity contribution < 1.29 is 9.18 Å². The summed E-state index contributed by atoms with van der Waals surface area (Å²) < 4.78 is 12.8. The summed E-state index contributed by atoms with van der Waals surface area (Å²) in [6.45, 7) is 0. The van der Waals surface area contributed by atoms with E-state index in [0.29, 0.717) is 5.56 Å². The molecule has 0 aliphatic carbocycles. The highest BCUT2D eigenvalue weighted by molar-refractivity contribution is 6.08. The summed E-state index contributed by atoms with van der Waals surface area (Å²) in [5, 5.41) is 0.926. The first-order valence-corrected chi connectivity index (χ1v) is 6.08. The number of hydrogen-bond acceptors (Lipinski definition) is 1. The minimum absolute atomic E-state index is 0.0315. The van der Waals surface area contributed by atoms with E-state index in [1.807, 2.05) is 24.3 Å². The molecule has 3 heteroatoms. The van der Waals surface area contributed by atoms with Gasteiger partial charge in [-0.15, -0.1) is 0 Å². The van der Waals surface area contributed by atoms with Gasteiger partial charge < -0.3 is 4.98 Å². The van der Waals surface area contributed by atoms with E-state index in [-0.39, 0.29) is 18.0 Å². The van der Waals surface area contributed by atoms with Crippen LogP contribution in [-0.4, -0.2) is 10.8 Å². The molecule has 0 saturated heterocycles. The highest BCUT2D eigenvalue weighted by atomic mass is 19.1. The molecule has 2 aromatic carbocycles. The average Bonchev–Trinajstić information content (AvgIpc) is 2.85. The van der Waals surface area contributed by atoms with Crippen molar-refractivity contribution in [2.45, 2.75) is 6.42 Å². The smallest absolute Gasteiger partial charge is 0.169 e. The van der Waals surface area contributed by atoms with Crippen molar-refractivity contribution in [1.29, 1.82) is 0 Å². The average molecular weight is 253 g/mol. The zero-order valence-electron chi connectivity index (χ0n) is 10.2. The van der Waals surface area contributed by atoms with Crippen LogP contribution in [0.2, 0.25) is 0 Å². The van der Waals surface area contributed by atoms with Crippen LogP contribution in [0.4, 0.5) is 4.39 Å².